The van der Waals surface area contributed by atoms with Gasteiger partial charge in [0.25, 0.3) is 5.56 Å². The first-order valence-corrected chi connectivity index (χ1v) is 8.98. The van der Waals surface area contributed by atoms with Gasteiger partial charge < -0.3 is 9.88 Å². The number of nitrogens with zero attached hydrogens (tertiary/aromatic N) is 2. The average molecular weight is 347 g/mol. The zero-order valence-electron chi connectivity index (χ0n) is 15.0. The maximum atomic E-state index is 13.0. The first kappa shape index (κ1) is 16.5. The van der Waals surface area contributed by atoms with Crippen LogP contribution < -0.4 is 10.5 Å². The molecule has 5 nitrogen and oxygen atoms in total. The van der Waals surface area contributed by atoms with Gasteiger partial charge in [-0.2, -0.15) is 0 Å². The van der Waals surface area contributed by atoms with Gasteiger partial charge in [-0.05, 0) is 37.1 Å². The van der Waals surface area contributed by atoms with Crippen molar-refractivity contribution < 1.29 is 4.79 Å². The van der Waals surface area contributed by atoms with Gasteiger partial charge in [0.1, 0.15) is 5.82 Å². The molecule has 0 radical (unpaired) electrons. The molecule has 4 rings (SSSR count). The summed E-state index contributed by atoms with van der Waals surface area (Å²) < 4.78 is 0. The highest BCUT2D eigenvalue weighted by Crippen LogP contribution is 2.39. The van der Waals surface area contributed by atoms with Crippen molar-refractivity contribution in [2.45, 2.75) is 32.6 Å². The average Bonchev–Trinajstić information content (AvgIpc) is 2.87. The van der Waals surface area contributed by atoms with Crippen LogP contribution in [0, 0.1) is 6.92 Å². The van der Waals surface area contributed by atoms with Crippen molar-refractivity contribution in [1.82, 2.24) is 9.97 Å². The summed E-state index contributed by atoms with van der Waals surface area (Å²) in [6, 6.07) is 13.4. The summed E-state index contributed by atoms with van der Waals surface area (Å²) in [6.45, 7) is 4.80. The Bertz CT molecular complexity index is 1050. The monoisotopic (exact) mass is 347 g/mol. The predicted octanol–water partition coefficient (Wildman–Crippen LogP) is 3.31. The largest absolute Gasteiger partial charge is 0.312 e. The van der Waals surface area contributed by atoms with Gasteiger partial charge in [-0.15, -0.1) is 0 Å². The van der Waals surface area contributed by atoms with Gasteiger partial charge in [0.05, 0.1) is 16.8 Å². The smallest absolute Gasteiger partial charge is 0.258 e. The number of amides is 1. The number of para-hydroxylation sites is 1. The molecule has 3 aromatic rings. The third kappa shape index (κ3) is 2.69. The Kier molecular flexibility index (Phi) is 4.07. The zero-order chi connectivity index (χ0) is 18.3. The van der Waals surface area contributed by atoms with Crippen LogP contribution >= 0.6 is 0 Å². The molecule has 1 N–H and O–H groups in total. The Morgan fingerprint density at radius 1 is 1.15 bits per heavy atom. The molecule has 2 aromatic carbocycles. The maximum absolute atomic E-state index is 13.0. The number of aromatic amines is 1. The topological polar surface area (TPSA) is 66.1 Å². The quantitative estimate of drug-likeness (QED) is 0.787. The lowest BCUT2D eigenvalue weighted by molar-refractivity contribution is -0.119. The number of benzene rings is 2. The number of hydrogen-bond donors (Lipinski definition) is 1. The fourth-order valence-corrected chi connectivity index (χ4v) is 3.72. The van der Waals surface area contributed by atoms with Crippen molar-refractivity contribution >= 4 is 22.5 Å². The molecule has 1 unspecified atom stereocenters. The van der Waals surface area contributed by atoms with Gasteiger partial charge in [0.2, 0.25) is 5.91 Å². The molecule has 0 fully saturated rings. The molecule has 0 spiro atoms. The molecule has 0 saturated carbocycles. The SMILES string of the molecule is CCCN1C(=O)C(Cc2nc3ccccc3c(=O)[nH]2)c2cc(C)ccc21. The fourth-order valence-electron chi connectivity index (χ4n) is 3.72. The third-order valence-electron chi connectivity index (χ3n) is 4.92. The second-order valence-corrected chi connectivity index (χ2v) is 6.84. The molecule has 1 amide bonds. The highest BCUT2D eigenvalue weighted by Gasteiger charge is 2.37. The minimum absolute atomic E-state index is 0.0863. The summed E-state index contributed by atoms with van der Waals surface area (Å²) in [6.07, 6.45) is 1.30. The van der Waals surface area contributed by atoms with Crippen LogP contribution in [0.4, 0.5) is 5.69 Å². The third-order valence-corrected chi connectivity index (χ3v) is 4.92. The molecule has 1 aliphatic heterocycles. The van der Waals surface area contributed by atoms with Crippen LogP contribution in [0.1, 0.15) is 36.2 Å². The van der Waals surface area contributed by atoms with E-state index < -0.39 is 0 Å². The second-order valence-electron chi connectivity index (χ2n) is 6.84. The van der Waals surface area contributed by atoms with E-state index in [4.69, 9.17) is 0 Å². The van der Waals surface area contributed by atoms with Crippen LogP contribution in [0.2, 0.25) is 0 Å². The Labute approximate surface area is 151 Å². The summed E-state index contributed by atoms with van der Waals surface area (Å²) in [5.41, 5.74) is 3.63. The van der Waals surface area contributed by atoms with Crippen LogP contribution in [-0.2, 0) is 11.2 Å². The number of H-pyrrole nitrogens is 1. The van der Waals surface area contributed by atoms with Gasteiger partial charge in [0, 0.05) is 18.7 Å². The molecule has 0 bridgehead atoms. The van der Waals surface area contributed by atoms with Crippen LogP contribution in [0.3, 0.4) is 0 Å². The fraction of sp³-hybridized carbons (Fsp3) is 0.286. The number of fused-ring (bicyclic) bond motifs is 2. The van der Waals surface area contributed by atoms with Gasteiger partial charge in [-0.1, -0.05) is 36.8 Å². The Balaban J connectivity index is 1.76. The molecule has 132 valence electrons. The van der Waals surface area contributed by atoms with E-state index in [0.29, 0.717) is 29.7 Å². The van der Waals surface area contributed by atoms with E-state index >= 15 is 0 Å². The molecule has 0 aliphatic carbocycles. The number of anilines is 1. The van der Waals surface area contributed by atoms with Crippen molar-refractivity contribution in [2.24, 2.45) is 0 Å². The predicted molar refractivity (Wildman–Crippen MR) is 103 cm³/mol. The molecule has 5 heteroatoms. The lowest BCUT2D eigenvalue weighted by atomic mass is 9.95. The van der Waals surface area contributed by atoms with E-state index in [9.17, 15) is 9.59 Å². The Morgan fingerprint density at radius 2 is 1.96 bits per heavy atom. The van der Waals surface area contributed by atoms with E-state index in [1.165, 1.54) is 0 Å². The number of nitrogens with one attached hydrogen (secondary N) is 1. The van der Waals surface area contributed by atoms with Crippen molar-refractivity contribution in [2.75, 3.05) is 11.4 Å². The molecular weight excluding hydrogens is 326 g/mol. The molecule has 0 saturated heterocycles. The summed E-state index contributed by atoms with van der Waals surface area (Å²) in [7, 11) is 0. The number of aryl methyl sites for hydroxylation is 1. The van der Waals surface area contributed by atoms with Gasteiger partial charge in [-0.25, -0.2) is 4.98 Å². The molecular formula is C21H21N3O2. The van der Waals surface area contributed by atoms with Crippen molar-refractivity contribution in [1.29, 1.82) is 0 Å². The minimum atomic E-state index is -0.305. The van der Waals surface area contributed by atoms with Crippen LogP contribution in [0.5, 0.6) is 0 Å². The van der Waals surface area contributed by atoms with E-state index in [1.54, 1.807) is 6.07 Å². The number of aromatic nitrogens is 2. The molecule has 2 heterocycles. The Hall–Kier alpha value is -2.95. The van der Waals surface area contributed by atoms with E-state index in [0.717, 1.165) is 23.2 Å². The van der Waals surface area contributed by atoms with Crippen molar-refractivity contribution in [3.8, 4) is 0 Å². The molecule has 1 aromatic heterocycles. The highest BCUT2D eigenvalue weighted by atomic mass is 16.2. The van der Waals surface area contributed by atoms with E-state index in [2.05, 4.69) is 23.0 Å². The molecule has 1 aliphatic rings. The zero-order valence-corrected chi connectivity index (χ0v) is 15.0. The first-order valence-electron chi connectivity index (χ1n) is 8.98. The van der Waals surface area contributed by atoms with Crippen LogP contribution in [0.15, 0.2) is 47.3 Å². The summed E-state index contributed by atoms with van der Waals surface area (Å²) >= 11 is 0. The number of hydrogen-bond acceptors (Lipinski definition) is 3. The molecule has 1 atom stereocenters. The molecule has 26 heavy (non-hydrogen) atoms. The number of rotatable bonds is 4. The van der Waals surface area contributed by atoms with E-state index in [-0.39, 0.29) is 17.4 Å². The van der Waals surface area contributed by atoms with Gasteiger partial charge in [-0.3, -0.25) is 9.59 Å². The lowest BCUT2D eigenvalue weighted by Crippen LogP contribution is -2.30. The summed E-state index contributed by atoms with van der Waals surface area (Å²) in [5.74, 6) is 0.335. The normalized spacial score (nSPS) is 16.3. The number of carbonyl (C=O) groups excluding carboxylic acids is 1. The number of carbonyl (C=O) groups is 1. The van der Waals surface area contributed by atoms with Crippen LogP contribution in [0.25, 0.3) is 10.9 Å². The van der Waals surface area contributed by atoms with Gasteiger partial charge in [0.15, 0.2) is 0 Å². The second kappa shape index (κ2) is 6.41. The standard InChI is InChI=1S/C21H21N3O2/c1-3-10-24-18-9-8-13(2)11-15(18)16(21(24)26)12-19-22-17-7-5-4-6-14(17)20(25)23-19/h4-9,11,16H,3,10,12H2,1-2H3,(H,22,23,25). The minimum Gasteiger partial charge on any atom is -0.312 e. The van der Waals surface area contributed by atoms with Gasteiger partial charge >= 0.3 is 0 Å². The van der Waals surface area contributed by atoms with Crippen LogP contribution in [-0.4, -0.2) is 22.4 Å². The van der Waals surface area contributed by atoms with E-state index in [1.807, 2.05) is 42.2 Å². The maximum Gasteiger partial charge on any atom is 0.258 e. The summed E-state index contributed by atoms with van der Waals surface area (Å²) in [4.78, 5) is 34.6. The van der Waals surface area contributed by atoms with Crippen molar-refractivity contribution in [3.63, 3.8) is 0 Å². The summed E-state index contributed by atoms with van der Waals surface area (Å²) in [5, 5.41) is 0.567. The highest BCUT2D eigenvalue weighted by molar-refractivity contribution is 6.05. The lowest BCUT2D eigenvalue weighted by Gasteiger charge is -2.17. The Morgan fingerprint density at radius 3 is 2.77 bits per heavy atom. The van der Waals surface area contributed by atoms with Crippen molar-refractivity contribution in [3.05, 3.63) is 69.8 Å². The first-order chi connectivity index (χ1) is 12.6.